The second-order valence-electron chi connectivity index (χ2n) is 3.50. The maximum absolute atomic E-state index is 13.3. The number of nitrogens with zero attached hydrogens (tertiary/aromatic N) is 1. The molecule has 0 aliphatic rings. The molecule has 0 unspecified atom stereocenters. The van der Waals surface area contributed by atoms with Gasteiger partial charge < -0.3 is 10.3 Å². The number of carbonyl (C=O) groups excluding carboxylic acids is 1. The first-order chi connectivity index (χ1) is 8.58. The van der Waals surface area contributed by atoms with Gasteiger partial charge in [-0.15, -0.1) is 0 Å². The monoisotopic (exact) mass is 255 g/mol. The number of nitrogens with one attached hydrogen (secondary N) is 2. The maximum Gasteiger partial charge on any atom is 0.257 e. The highest BCUT2D eigenvalue weighted by molar-refractivity contribution is 5.94. The highest BCUT2D eigenvalue weighted by Crippen LogP contribution is 2.14. The standard InChI is InChI=1S/C11H8F3N3O/c12-6-1-8(13)10(9(14)2-6)11(18)16-4-7-3-15-5-17-7/h1-3,5H,4H2,(H,15,17)(H,16,18). The summed E-state index contributed by atoms with van der Waals surface area (Å²) >= 11 is 0. The first kappa shape index (κ1) is 12.2. The summed E-state index contributed by atoms with van der Waals surface area (Å²) in [6, 6.07) is 0.905. The molecule has 1 aromatic carbocycles. The molecule has 1 aromatic heterocycles. The summed E-state index contributed by atoms with van der Waals surface area (Å²) in [6.45, 7) is 0.0368. The number of rotatable bonds is 3. The molecule has 1 amide bonds. The number of benzene rings is 1. The Kier molecular flexibility index (Phi) is 3.31. The topological polar surface area (TPSA) is 57.8 Å². The summed E-state index contributed by atoms with van der Waals surface area (Å²) in [5.74, 6) is -4.51. The van der Waals surface area contributed by atoms with Crippen molar-refractivity contribution in [2.75, 3.05) is 0 Å². The summed E-state index contributed by atoms with van der Waals surface area (Å²) < 4.78 is 39.2. The fourth-order valence-corrected chi connectivity index (χ4v) is 1.40. The van der Waals surface area contributed by atoms with Gasteiger partial charge in [0.2, 0.25) is 0 Å². The van der Waals surface area contributed by atoms with Crippen molar-refractivity contribution in [3.8, 4) is 0 Å². The lowest BCUT2D eigenvalue weighted by Gasteiger charge is -2.06. The van der Waals surface area contributed by atoms with Crippen LogP contribution in [-0.2, 0) is 6.54 Å². The van der Waals surface area contributed by atoms with E-state index in [1.54, 1.807) is 0 Å². The highest BCUT2D eigenvalue weighted by Gasteiger charge is 2.18. The molecule has 2 aromatic rings. The fraction of sp³-hybridized carbons (Fsp3) is 0.0909. The molecule has 0 radical (unpaired) electrons. The van der Waals surface area contributed by atoms with E-state index in [2.05, 4.69) is 15.3 Å². The summed E-state index contributed by atoms with van der Waals surface area (Å²) in [4.78, 5) is 18.0. The molecule has 0 saturated heterocycles. The lowest BCUT2D eigenvalue weighted by molar-refractivity contribution is 0.0942. The van der Waals surface area contributed by atoms with E-state index < -0.39 is 28.9 Å². The molecule has 4 nitrogen and oxygen atoms in total. The molecular weight excluding hydrogens is 247 g/mol. The second kappa shape index (κ2) is 4.91. The number of halogens is 3. The summed E-state index contributed by atoms with van der Waals surface area (Å²) in [5.41, 5.74) is -0.234. The van der Waals surface area contributed by atoms with Crippen molar-refractivity contribution >= 4 is 5.91 Å². The van der Waals surface area contributed by atoms with Crippen molar-refractivity contribution in [1.29, 1.82) is 0 Å². The first-order valence-corrected chi connectivity index (χ1v) is 4.98. The van der Waals surface area contributed by atoms with E-state index in [4.69, 9.17) is 0 Å². The van der Waals surface area contributed by atoms with Crippen molar-refractivity contribution in [3.05, 3.63) is 53.4 Å². The molecule has 2 N–H and O–H groups in total. The maximum atomic E-state index is 13.3. The Bertz CT molecular complexity index is 546. The Hall–Kier alpha value is -2.31. The molecule has 0 saturated carbocycles. The Balaban J connectivity index is 2.14. The third kappa shape index (κ3) is 2.50. The van der Waals surface area contributed by atoms with Crippen LogP contribution in [0.1, 0.15) is 16.1 Å². The second-order valence-corrected chi connectivity index (χ2v) is 3.50. The zero-order valence-electron chi connectivity index (χ0n) is 9.01. The molecule has 2 rings (SSSR count). The zero-order chi connectivity index (χ0) is 13.1. The number of aromatic nitrogens is 2. The van der Waals surface area contributed by atoms with E-state index in [-0.39, 0.29) is 6.54 Å². The normalized spacial score (nSPS) is 10.4. The lowest BCUT2D eigenvalue weighted by atomic mass is 10.1. The number of imidazole rings is 1. The van der Waals surface area contributed by atoms with Crippen LogP contribution in [0, 0.1) is 17.5 Å². The molecule has 0 aliphatic heterocycles. The van der Waals surface area contributed by atoms with Crippen LogP contribution >= 0.6 is 0 Å². The van der Waals surface area contributed by atoms with Crippen LogP contribution in [0.5, 0.6) is 0 Å². The van der Waals surface area contributed by atoms with E-state index in [0.29, 0.717) is 17.8 Å². The van der Waals surface area contributed by atoms with Gasteiger partial charge in [-0.1, -0.05) is 0 Å². The summed E-state index contributed by atoms with van der Waals surface area (Å²) in [7, 11) is 0. The van der Waals surface area contributed by atoms with Crippen LogP contribution < -0.4 is 5.32 Å². The van der Waals surface area contributed by atoms with Gasteiger partial charge in [0, 0.05) is 18.3 Å². The van der Waals surface area contributed by atoms with Gasteiger partial charge >= 0.3 is 0 Å². The van der Waals surface area contributed by atoms with E-state index in [9.17, 15) is 18.0 Å². The summed E-state index contributed by atoms with van der Waals surface area (Å²) in [5, 5.41) is 2.29. The van der Waals surface area contributed by atoms with E-state index in [0.717, 1.165) is 0 Å². The number of aromatic amines is 1. The molecule has 0 fully saturated rings. The van der Waals surface area contributed by atoms with Gasteiger partial charge in [-0.3, -0.25) is 4.79 Å². The smallest absolute Gasteiger partial charge is 0.257 e. The third-order valence-electron chi connectivity index (χ3n) is 2.23. The van der Waals surface area contributed by atoms with Crippen molar-refractivity contribution in [1.82, 2.24) is 15.3 Å². The van der Waals surface area contributed by atoms with Crippen molar-refractivity contribution in [2.24, 2.45) is 0 Å². The first-order valence-electron chi connectivity index (χ1n) is 4.98. The third-order valence-corrected chi connectivity index (χ3v) is 2.23. The lowest BCUT2D eigenvalue weighted by Crippen LogP contribution is -2.25. The minimum Gasteiger partial charge on any atom is -0.347 e. The van der Waals surface area contributed by atoms with E-state index >= 15 is 0 Å². The Morgan fingerprint density at radius 1 is 1.28 bits per heavy atom. The summed E-state index contributed by atoms with van der Waals surface area (Å²) in [6.07, 6.45) is 2.86. The minimum atomic E-state index is -1.24. The average Bonchev–Trinajstić information content (AvgIpc) is 2.77. The fourth-order valence-electron chi connectivity index (χ4n) is 1.40. The van der Waals surface area contributed by atoms with Crippen LogP contribution in [0.15, 0.2) is 24.7 Å². The Morgan fingerprint density at radius 2 is 1.94 bits per heavy atom. The Morgan fingerprint density at radius 3 is 2.50 bits per heavy atom. The molecule has 0 bridgehead atoms. The number of hydrogen-bond donors (Lipinski definition) is 2. The number of H-pyrrole nitrogens is 1. The molecule has 7 heteroatoms. The quantitative estimate of drug-likeness (QED) is 0.878. The highest BCUT2D eigenvalue weighted by atomic mass is 19.1. The number of hydrogen-bond acceptors (Lipinski definition) is 2. The van der Waals surface area contributed by atoms with E-state index in [1.807, 2.05) is 0 Å². The number of carbonyl (C=O) groups is 1. The van der Waals surface area contributed by atoms with Crippen LogP contribution in [-0.4, -0.2) is 15.9 Å². The largest absolute Gasteiger partial charge is 0.347 e. The molecule has 1 heterocycles. The van der Waals surface area contributed by atoms with Gasteiger partial charge in [0.15, 0.2) is 0 Å². The van der Waals surface area contributed by atoms with Crippen molar-refractivity contribution in [2.45, 2.75) is 6.54 Å². The van der Waals surface area contributed by atoms with Crippen LogP contribution in [0.25, 0.3) is 0 Å². The predicted molar refractivity (Wildman–Crippen MR) is 56.1 cm³/mol. The molecule has 0 spiro atoms. The predicted octanol–water partition coefficient (Wildman–Crippen LogP) is 1.76. The molecule has 94 valence electrons. The SMILES string of the molecule is O=C(NCc1cnc[nH]1)c1c(F)cc(F)cc1F. The number of amides is 1. The van der Waals surface area contributed by atoms with Crippen LogP contribution in [0.4, 0.5) is 13.2 Å². The van der Waals surface area contributed by atoms with Gasteiger partial charge in [-0.2, -0.15) is 0 Å². The van der Waals surface area contributed by atoms with Gasteiger partial charge in [-0.25, -0.2) is 18.2 Å². The minimum absolute atomic E-state index is 0.0368. The van der Waals surface area contributed by atoms with Gasteiger partial charge in [0.05, 0.1) is 18.6 Å². The van der Waals surface area contributed by atoms with Gasteiger partial charge in [0.1, 0.15) is 23.0 Å². The van der Waals surface area contributed by atoms with Crippen molar-refractivity contribution < 1.29 is 18.0 Å². The zero-order valence-corrected chi connectivity index (χ0v) is 9.01. The molecule has 18 heavy (non-hydrogen) atoms. The Labute approximate surface area is 99.9 Å². The van der Waals surface area contributed by atoms with Gasteiger partial charge in [0.25, 0.3) is 5.91 Å². The van der Waals surface area contributed by atoms with Gasteiger partial charge in [-0.05, 0) is 0 Å². The van der Waals surface area contributed by atoms with Crippen LogP contribution in [0.2, 0.25) is 0 Å². The van der Waals surface area contributed by atoms with Crippen molar-refractivity contribution in [3.63, 3.8) is 0 Å². The van der Waals surface area contributed by atoms with E-state index in [1.165, 1.54) is 12.5 Å². The van der Waals surface area contributed by atoms with Crippen LogP contribution in [0.3, 0.4) is 0 Å². The molecular formula is C11H8F3N3O. The molecule has 0 aliphatic carbocycles. The average molecular weight is 255 g/mol. The molecule has 0 atom stereocenters.